The molecular weight excluding hydrogens is 248 g/mol. The van der Waals surface area contributed by atoms with Crippen molar-refractivity contribution in [3.05, 3.63) is 63.9 Å². The van der Waals surface area contributed by atoms with Crippen LogP contribution in [0.5, 0.6) is 0 Å². The van der Waals surface area contributed by atoms with Gasteiger partial charge in [0.25, 0.3) is 5.56 Å². The quantitative estimate of drug-likeness (QED) is 0.726. The minimum Gasteiger partial charge on any atom is -0.306 e. The highest BCUT2D eigenvalue weighted by molar-refractivity contribution is 6.31. The van der Waals surface area contributed by atoms with Crippen LogP contribution in [0.3, 0.4) is 0 Å². The normalized spacial score (nSPS) is 10.7. The second-order valence-electron chi connectivity index (χ2n) is 3.94. The molecule has 0 aliphatic carbocycles. The van der Waals surface area contributed by atoms with Gasteiger partial charge in [-0.05, 0) is 18.2 Å². The van der Waals surface area contributed by atoms with Crippen LogP contribution in [-0.2, 0) is 0 Å². The van der Waals surface area contributed by atoms with Gasteiger partial charge in [0.15, 0.2) is 0 Å². The van der Waals surface area contributed by atoms with E-state index in [-0.39, 0.29) is 5.56 Å². The Morgan fingerprint density at radius 1 is 1.06 bits per heavy atom. The van der Waals surface area contributed by atoms with Crippen LogP contribution in [0.15, 0.2) is 53.3 Å². The molecule has 18 heavy (non-hydrogen) atoms. The van der Waals surface area contributed by atoms with E-state index in [1.165, 1.54) is 0 Å². The lowest BCUT2D eigenvalue weighted by molar-refractivity contribution is 1.18. The number of nitrogens with zero attached hydrogens (tertiary/aromatic N) is 1. The predicted octanol–water partition coefficient (Wildman–Crippen LogP) is 3.24. The molecule has 1 aromatic heterocycles. The molecule has 0 bridgehead atoms. The van der Waals surface area contributed by atoms with Gasteiger partial charge in [-0.25, -0.2) is 4.98 Å². The lowest BCUT2D eigenvalue weighted by Crippen LogP contribution is -2.09. The Bertz CT molecular complexity index is 766. The van der Waals surface area contributed by atoms with Crippen molar-refractivity contribution in [3.8, 4) is 11.4 Å². The molecule has 88 valence electrons. The Labute approximate surface area is 108 Å². The maximum absolute atomic E-state index is 12.0. The van der Waals surface area contributed by atoms with Crippen LogP contribution >= 0.6 is 11.6 Å². The molecule has 0 aliphatic rings. The number of rotatable bonds is 1. The Hall–Kier alpha value is -2.13. The summed E-state index contributed by atoms with van der Waals surface area (Å²) >= 11 is 5.87. The average molecular weight is 257 g/mol. The molecule has 1 N–H and O–H groups in total. The van der Waals surface area contributed by atoms with Crippen molar-refractivity contribution in [3.63, 3.8) is 0 Å². The summed E-state index contributed by atoms with van der Waals surface area (Å²) in [6.45, 7) is 0. The van der Waals surface area contributed by atoms with E-state index in [1.807, 2.05) is 30.3 Å². The first kappa shape index (κ1) is 11.0. The molecule has 0 radical (unpaired) electrons. The van der Waals surface area contributed by atoms with Gasteiger partial charge >= 0.3 is 0 Å². The second kappa shape index (κ2) is 4.27. The molecule has 3 rings (SSSR count). The molecule has 0 amide bonds. The minimum absolute atomic E-state index is 0.179. The van der Waals surface area contributed by atoms with Crippen molar-refractivity contribution in [2.75, 3.05) is 0 Å². The fourth-order valence-corrected chi connectivity index (χ4v) is 2.02. The summed E-state index contributed by atoms with van der Waals surface area (Å²) in [6, 6.07) is 14.6. The number of aromatic amines is 1. The van der Waals surface area contributed by atoms with E-state index in [0.29, 0.717) is 21.7 Å². The number of halogens is 1. The summed E-state index contributed by atoms with van der Waals surface area (Å²) in [4.78, 5) is 19.2. The van der Waals surface area contributed by atoms with Crippen molar-refractivity contribution in [2.45, 2.75) is 0 Å². The molecule has 0 saturated carbocycles. The lowest BCUT2D eigenvalue weighted by atomic mass is 10.2. The fourth-order valence-electron chi connectivity index (χ4n) is 1.84. The highest BCUT2D eigenvalue weighted by atomic mass is 35.5. The van der Waals surface area contributed by atoms with Crippen molar-refractivity contribution >= 4 is 22.5 Å². The van der Waals surface area contributed by atoms with Gasteiger partial charge in [-0.3, -0.25) is 4.79 Å². The monoisotopic (exact) mass is 256 g/mol. The van der Waals surface area contributed by atoms with Gasteiger partial charge in [-0.15, -0.1) is 0 Å². The van der Waals surface area contributed by atoms with Crippen LogP contribution in [0.1, 0.15) is 0 Å². The van der Waals surface area contributed by atoms with Crippen molar-refractivity contribution in [1.82, 2.24) is 9.97 Å². The van der Waals surface area contributed by atoms with E-state index < -0.39 is 0 Å². The molecule has 0 fully saturated rings. The molecule has 0 unspecified atom stereocenters. The summed E-state index contributed by atoms with van der Waals surface area (Å²) in [5, 5.41) is 1.03. The van der Waals surface area contributed by atoms with Gasteiger partial charge in [0.05, 0.1) is 10.9 Å². The number of hydrogen-bond donors (Lipinski definition) is 1. The molecule has 2 aromatic carbocycles. The van der Waals surface area contributed by atoms with E-state index in [4.69, 9.17) is 11.6 Å². The molecule has 0 spiro atoms. The maximum Gasteiger partial charge on any atom is 0.259 e. The first-order chi connectivity index (χ1) is 8.74. The van der Waals surface area contributed by atoms with Crippen molar-refractivity contribution in [1.29, 1.82) is 0 Å². The Kier molecular flexibility index (Phi) is 2.61. The minimum atomic E-state index is -0.179. The zero-order chi connectivity index (χ0) is 12.5. The van der Waals surface area contributed by atoms with E-state index in [0.717, 1.165) is 5.56 Å². The highest BCUT2D eigenvalue weighted by Gasteiger charge is 2.05. The third kappa shape index (κ3) is 1.89. The molecule has 1 heterocycles. The molecule has 0 atom stereocenters. The molecule has 3 nitrogen and oxygen atoms in total. The fraction of sp³-hybridized carbons (Fsp3) is 0. The zero-order valence-electron chi connectivity index (χ0n) is 9.35. The van der Waals surface area contributed by atoms with E-state index in [9.17, 15) is 4.79 Å². The third-order valence-electron chi connectivity index (χ3n) is 2.71. The smallest absolute Gasteiger partial charge is 0.259 e. The van der Waals surface area contributed by atoms with Crippen LogP contribution < -0.4 is 5.56 Å². The SMILES string of the molecule is O=c1[nH]c(-c2ccccc2)nc2ccc(Cl)cc12. The Morgan fingerprint density at radius 3 is 2.61 bits per heavy atom. The summed E-state index contributed by atoms with van der Waals surface area (Å²) in [5.41, 5.74) is 1.34. The molecule has 0 saturated heterocycles. The van der Waals surface area contributed by atoms with Gasteiger partial charge < -0.3 is 4.98 Å². The van der Waals surface area contributed by atoms with E-state index in [1.54, 1.807) is 18.2 Å². The Balaban J connectivity index is 2.29. The van der Waals surface area contributed by atoms with Crippen molar-refractivity contribution < 1.29 is 0 Å². The molecular formula is C14H9ClN2O. The Morgan fingerprint density at radius 2 is 1.83 bits per heavy atom. The average Bonchev–Trinajstić information content (AvgIpc) is 2.40. The zero-order valence-corrected chi connectivity index (χ0v) is 10.1. The van der Waals surface area contributed by atoms with Crippen molar-refractivity contribution in [2.24, 2.45) is 0 Å². The highest BCUT2D eigenvalue weighted by Crippen LogP contribution is 2.18. The van der Waals surface area contributed by atoms with Crippen LogP contribution in [0, 0.1) is 0 Å². The largest absolute Gasteiger partial charge is 0.306 e. The third-order valence-corrected chi connectivity index (χ3v) is 2.95. The number of hydrogen-bond acceptors (Lipinski definition) is 2. The van der Waals surface area contributed by atoms with Gasteiger partial charge in [0.2, 0.25) is 0 Å². The first-order valence-electron chi connectivity index (χ1n) is 5.49. The standard InChI is InChI=1S/C14H9ClN2O/c15-10-6-7-12-11(8-10)14(18)17-13(16-12)9-4-2-1-3-5-9/h1-8H,(H,16,17,18). The summed E-state index contributed by atoms with van der Waals surface area (Å²) < 4.78 is 0. The second-order valence-corrected chi connectivity index (χ2v) is 4.38. The molecule has 3 aromatic rings. The summed E-state index contributed by atoms with van der Waals surface area (Å²) in [5.74, 6) is 0.565. The number of benzene rings is 2. The number of nitrogens with one attached hydrogen (secondary N) is 1. The number of aromatic nitrogens is 2. The van der Waals surface area contributed by atoms with E-state index >= 15 is 0 Å². The molecule has 4 heteroatoms. The van der Waals surface area contributed by atoms with Crippen LogP contribution in [0.25, 0.3) is 22.3 Å². The van der Waals surface area contributed by atoms with Gasteiger partial charge in [0, 0.05) is 10.6 Å². The topological polar surface area (TPSA) is 45.8 Å². The van der Waals surface area contributed by atoms with Gasteiger partial charge in [-0.2, -0.15) is 0 Å². The van der Waals surface area contributed by atoms with Gasteiger partial charge in [-0.1, -0.05) is 41.9 Å². The van der Waals surface area contributed by atoms with Crippen LogP contribution in [0.4, 0.5) is 0 Å². The lowest BCUT2D eigenvalue weighted by Gasteiger charge is -2.03. The summed E-state index contributed by atoms with van der Waals surface area (Å²) in [6.07, 6.45) is 0. The predicted molar refractivity (Wildman–Crippen MR) is 72.8 cm³/mol. The maximum atomic E-state index is 12.0. The van der Waals surface area contributed by atoms with E-state index in [2.05, 4.69) is 9.97 Å². The number of fused-ring (bicyclic) bond motifs is 1. The summed E-state index contributed by atoms with van der Waals surface area (Å²) in [7, 11) is 0. The van der Waals surface area contributed by atoms with Gasteiger partial charge in [0.1, 0.15) is 5.82 Å². The first-order valence-corrected chi connectivity index (χ1v) is 5.87. The number of H-pyrrole nitrogens is 1. The van der Waals surface area contributed by atoms with Crippen LogP contribution in [-0.4, -0.2) is 9.97 Å². The molecule has 0 aliphatic heterocycles. The van der Waals surface area contributed by atoms with Crippen LogP contribution in [0.2, 0.25) is 5.02 Å².